The molecule has 0 spiro atoms. The van der Waals surface area contributed by atoms with E-state index in [2.05, 4.69) is 9.47 Å². The van der Waals surface area contributed by atoms with Gasteiger partial charge in [-0.15, -0.1) is 0 Å². The molecule has 0 saturated carbocycles. The summed E-state index contributed by atoms with van der Waals surface area (Å²) in [4.78, 5) is 21.5. The van der Waals surface area contributed by atoms with Crippen LogP contribution in [0.2, 0.25) is 0 Å². The van der Waals surface area contributed by atoms with Gasteiger partial charge in [0.1, 0.15) is 6.61 Å². The van der Waals surface area contributed by atoms with Crippen LogP contribution in [0.25, 0.3) is 0 Å². The number of esters is 2. The summed E-state index contributed by atoms with van der Waals surface area (Å²) in [6.07, 6.45) is 2.33. The van der Waals surface area contributed by atoms with Crippen molar-refractivity contribution in [2.24, 2.45) is 0 Å². The molecule has 1 heterocycles. The van der Waals surface area contributed by atoms with Gasteiger partial charge in [0.25, 0.3) is 0 Å². The van der Waals surface area contributed by atoms with E-state index in [0.29, 0.717) is 18.6 Å². The van der Waals surface area contributed by atoms with Gasteiger partial charge in [0, 0.05) is 12.0 Å². The van der Waals surface area contributed by atoms with Gasteiger partial charge in [0.15, 0.2) is 0 Å². The van der Waals surface area contributed by atoms with E-state index >= 15 is 0 Å². The lowest BCUT2D eigenvalue weighted by Crippen LogP contribution is -2.04. The maximum Gasteiger partial charge on any atom is 0.334 e. The standard InChI is InChI=1S/C8H10O4/c1-11-7(9)3-2-6-4-5-12-8(6)10/h4H,2-3,5H2,1H3. The number of hydrogen-bond donors (Lipinski definition) is 0. The van der Waals surface area contributed by atoms with E-state index in [-0.39, 0.29) is 18.4 Å². The third kappa shape index (κ3) is 2.08. The smallest absolute Gasteiger partial charge is 0.334 e. The molecule has 1 aliphatic rings. The van der Waals surface area contributed by atoms with E-state index in [1.807, 2.05) is 0 Å². The zero-order valence-corrected chi connectivity index (χ0v) is 6.83. The minimum atomic E-state index is -0.320. The van der Waals surface area contributed by atoms with E-state index in [4.69, 9.17) is 0 Å². The molecule has 1 rings (SSSR count). The van der Waals surface area contributed by atoms with Crippen molar-refractivity contribution in [2.45, 2.75) is 12.8 Å². The highest BCUT2D eigenvalue weighted by Gasteiger charge is 2.17. The molecule has 0 aromatic heterocycles. The fourth-order valence-corrected chi connectivity index (χ4v) is 0.937. The number of hydrogen-bond acceptors (Lipinski definition) is 4. The molecule has 0 aromatic carbocycles. The van der Waals surface area contributed by atoms with Gasteiger partial charge in [0.2, 0.25) is 0 Å². The quantitative estimate of drug-likeness (QED) is 0.576. The zero-order valence-electron chi connectivity index (χ0n) is 6.83. The highest BCUT2D eigenvalue weighted by Crippen LogP contribution is 2.12. The Morgan fingerprint density at radius 1 is 1.75 bits per heavy atom. The first-order valence-corrected chi connectivity index (χ1v) is 3.67. The second kappa shape index (κ2) is 3.90. The van der Waals surface area contributed by atoms with Gasteiger partial charge < -0.3 is 9.47 Å². The van der Waals surface area contributed by atoms with Crippen LogP contribution < -0.4 is 0 Å². The van der Waals surface area contributed by atoms with Crippen LogP contribution in [0.5, 0.6) is 0 Å². The van der Waals surface area contributed by atoms with Crippen molar-refractivity contribution in [3.05, 3.63) is 11.6 Å². The first-order valence-electron chi connectivity index (χ1n) is 3.67. The molecule has 0 aromatic rings. The minimum Gasteiger partial charge on any atom is -0.469 e. The second-order valence-electron chi connectivity index (χ2n) is 2.40. The molecule has 0 aliphatic carbocycles. The molecule has 0 fully saturated rings. The van der Waals surface area contributed by atoms with Crippen LogP contribution in [-0.4, -0.2) is 25.7 Å². The van der Waals surface area contributed by atoms with Gasteiger partial charge in [-0.05, 0) is 12.5 Å². The number of cyclic esters (lactones) is 1. The van der Waals surface area contributed by atoms with Crippen LogP contribution in [0.15, 0.2) is 11.6 Å². The van der Waals surface area contributed by atoms with Gasteiger partial charge in [-0.25, -0.2) is 4.79 Å². The topological polar surface area (TPSA) is 52.6 Å². The Morgan fingerprint density at radius 3 is 3.00 bits per heavy atom. The van der Waals surface area contributed by atoms with Gasteiger partial charge in [-0.1, -0.05) is 0 Å². The molecule has 0 N–H and O–H groups in total. The Bertz CT molecular complexity index is 229. The normalized spacial score (nSPS) is 15.4. The summed E-state index contributed by atoms with van der Waals surface area (Å²) in [6.45, 7) is 0.329. The molecule has 0 bridgehead atoms. The van der Waals surface area contributed by atoms with E-state index in [9.17, 15) is 9.59 Å². The first-order chi connectivity index (χ1) is 5.74. The van der Waals surface area contributed by atoms with E-state index in [1.165, 1.54) is 7.11 Å². The number of rotatable bonds is 3. The second-order valence-corrected chi connectivity index (χ2v) is 2.40. The summed E-state index contributed by atoms with van der Waals surface area (Å²) in [5.41, 5.74) is 0.570. The SMILES string of the molecule is COC(=O)CCC1=CCOC1=O. The van der Waals surface area contributed by atoms with Crippen LogP contribution in [0.3, 0.4) is 0 Å². The summed E-state index contributed by atoms with van der Waals surface area (Å²) in [6, 6.07) is 0. The molecular weight excluding hydrogens is 160 g/mol. The summed E-state index contributed by atoms with van der Waals surface area (Å²) in [5.74, 6) is -0.630. The molecule has 0 amide bonds. The predicted molar refractivity (Wildman–Crippen MR) is 40.3 cm³/mol. The van der Waals surface area contributed by atoms with Crippen LogP contribution >= 0.6 is 0 Å². The molecule has 0 saturated heterocycles. The van der Waals surface area contributed by atoms with Crippen molar-refractivity contribution in [3.63, 3.8) is 0 Å². The van der Waals surface area contributed by atoms with Crippen molar-refractivity contribution in [1.82, 2.24) is 0 Å². The molecule has 4 heteroatoms. The minimum absolute atomic E-state index is 0.234. The third-order valence-corrected chi connectivity index (χ3v) is 1.63. The van der Waals surface area contributed by atoms with E-state index in [0.717, 1.165) is 0 Å². The predicted octanol–water partition coefficient (Wildman–Crippen LogP) is 0.423. The van der Waals surface area contributed by atoms with Crippen LogP contribution in [0, 0.1) is 0 Å². The largest absolute Gasteiger partial charge is 0.469 e. The highest BCUT2D eigenvalue weighted by molar-refractivity contribution is 5.91. The molecule has 66 valence electrons. The van der Waals surface area contributed by atoms with Gasteiger partial charge >= 0.3 is 11.9 Å². The van der Waals surface area contributed by atoms with Gasteiger partial charge in [-0.2, -0.15) is 0 Å². The average Bonchev–Trinajstić information content (AvgIpc) is 2.47. The Morgan fingerprint density at radius 2 is 2.50 bits per heavy atom. The fourth-order valence-electron chi connectivity index (χ4n) is 0.937. The number of carbonyl (C=O) groups is 2. The summed E-state index contributed by atoms with van der Waals surface area (Å²) < 4.78 is 9.07. The maximum absolute atomic E-state index is 10.8. The Hall–Kier alpha value is -1.32. The van der Waals surface area contributed by atoms with Crippen LogP contribution in [0.1, 0.15) is 12.8 Å². The lowest BCUT2D eigenvalue weighted by Gasteiger charge is -1.98. The van der Waals surface area contributed by atoms with Crippen molar-refractivity contribution in [3.8, 4) is 0 Å². The maximum atomic E-state index is 10.8. The van der Waals surface area contributed by atoms with Crippen molar-refractivity contribution >= 4 is 11.9 Å². The van der Waals surface area contributed by atoms with Crippen LogP contribution in [-0.2, 0) is 19.1 Å². The summed E-state index contributed by atoms with van der Waals surface area (Å²) >= 11 is 0. The van der Waals surface area contributed by atoms with Crippen molar-refractivity contribution in [1.29, 1.82) is 0 Å². The lowest BCUT2D eigenvalue weighted by atomic mass is 10.1. The highest BCUT2D eigenvalue weighted by atomic mass is 16.5. The zero-order chi connectivity index (χ0) is 8.97. The van der Waals surface area contributed by atoms with Crippen molar-refractivity contribution < 1.29 is 19.1 Å². The summed E-state index contributed by atoms with van der Waals surface area (Å²) in [5, 5.41) is 0. The van der Waals surface area contributed by atoms with Crippen molar-refractivity contribution in [2.75, 3.05) is 13.7 Å². The first kappa shape index (κ1) is 8.77. The number of methoxy groups -OCH3 is 1. The Kier molecular flexibility index (Phi) is 2.85. The number of ether oxygens (including phenoxy) is 2. The van der Waals surface area contributed by atoms with E-state index in [1.54, 1.807) is 6.08 Å². The molecule has 1 aliphatic heterocycles. The molecule has 4 nitrogen and oxygen atoms in total. The fraction of sp³-hybridized carbons (Fsp3) is 0.500. The lowest BCUT2D eigenvalue weighted by molar-refractivity contribution is -0.140. The molecule has 0 radical (unpaired) electrons. The average molecular weight is 170 g/mol. The molecule has 0 unspecified atom stereocenters. The monoisotopic (exact) mass is 170 g/mol. The van der Waals surface area contributed by atoms with E-state index < -0.39 is 0 Å². The van der Waals surface area contributed by atoms with Gasteiger partial charge in [-0.3, -0.25) is 4.79 Å². The third-order valence-electron chi connectivity index (χ3n) is 1.63. The number of carbonyl (C=O) groups excluding carboxylic acids is 2. The van der Waals surface area contributed by atoms with Crippen LogP contribution in [0.4, 0.5) is 0 Å². The van der Waals surface area contributed by atoms with Gasteiger partial charge in [0.05, 0.1) is 7.11 Å². The molecule has 0 atom stereocenters. The Balaban J connectivity index is 2.32. The summed E-state index contributed by atoms with van der Waals surface area (Å²) in [7, 11) is 1.32. The Labute approximate surface area is 70.1 Å². The molecule has 12 heavy (non-hydrogen) atoms. The molecular formula is C8H10O4.